The molecule has 76 valence electrons. The molecule has 0 spiro atoms. The number of carbonyl (C=O) groups excluding carboxylic acids is 1. The molecular formula is C8H13ClO4. The Labute approximate surface area is 81.8 Å². The van der Waals surface area contributed by atoms with Crippen LogP contribution in [0.2, 0.25) is 0 Å². The Kier molecular flexibility index (Phi) is 3.53. The highest BCUT2D eigenvalue weighted by Crippen LogP contribution is 2.25. The fourth-order valence-corrected chi connectivity index (χ4v) is 1.77. The van der Waals surface area contributed by atoms with Crippen LogP contribution in [0.5, 0.6) is 0 Å². The lowest BCUT2D eigenvalue weighted by molar-refractivity contribution is -0.203. The van der Waals surface area contributed by atoms with E-state index in [1.54, 1.807) is 6.92 Å². The van der Waals surface area contributed by atoms with E-state index in [0.717, 1.165) is 0 Å². The third-order valence-corrected chi connectivity index (χ3v) is 2.35. The molecule has 1 heterocycles. The van der Waals surface area contributed by atoms with Gasteiger partial charge in [0.2, 0.25) is 0 Å². The summed E-state index contributed by atoms with van der Waals surface area (Å²) in [6, 6.07) is 0. The molecule has 4 unspecified atom stereocenters. The molecule has 0 aromatic heterocycles. The van der Waals surface area contributed by atoms with Gasteiger partial charge in [-0.15, -0.1) is 11.6 Å². The highest BCUT2D eigenvalue weighted by atomic mass is 35.5. The molecule has 0 radical (unpaired) electrons. The molecule has 0 saturated carbocycles. The molecule has 1 aliphatic heterocycles. The largest absolute Gasteiger partial charge is 0.458 e. The van der Waals surface area contributed by atoms with E-state index in [9.17, 15) is 4.79 Å². The lowest BCUT2D eigenvalue weighted by Crippen LogP contribution is -2.46. The summed E-state index contributed by atoms with van der Waals surface area (Å²) in [7, 11) is 0. The van der Waals surface area contributed by atoms with Crippen molar-refractivity contribution >= 4 is 17.6 Å². The van der Waals surface area contributed by atoms with Crippen molar-refractivity contribution in [2.45, 2.75) is 44.1 Å². The second-order valence-corrected chi connectivity index (χ2v) is 3.68. The van der Waals surface area contributed by atoms with Crippen LogP contribution < -0.4 is 0 Å². The van der Waals surface area contributed by atoms with Crippen LogP contribution in [0.25, 0.3) is 0 Å². The van der Waals surface area contributed by atoms with Crippen LogP contribution in [0.15, 0.2) is 0 Å². The van der Waals surface area contributed by atoms with E-state index in [1.807, 2.05) is 0 Å². The van der Waals surface area contributed by atoms with Crippen molar-refractivity contribution in [3.63, 3.8) is 0 Å². The molecule has 0 bridgehead atoms. The van der Waals surface area contributed by atoms with Gasteiger partial charge in [-0.1, -0.05) is 0 Å². The fourth-order valence-electron chi connectivity index (χ4n) is 1.36. The monoisotopic (exact) mass is 208 g/mol. The number of carbonyl (C=O) groups is 1. The van der Waals surface area contributed by atoms with E-state index in [-0.39, 0.29) is 23.9 Å². The number of ether oxygens (including phenoxy) is 2. The van der Waals surface area contributed by atoms with Gasteiger partial charge in [0.25, 0.3) is 0 Å². The van der Waals surface area contributed by atoms with E-state index in [4.69, 9.17) is 26.2 Å². The average molecular weight is 209 g/mol. The SMILES string of the molecule is CC(=O)OC1C(Cl)CC(O)OC1C. The number of rotatable bonds is 1. The summed E-state index contributed by atoms with van der Waals surface area (Å²) in [6.45, 7) is 3.03. The minimum Gasteiger partial charge on any atom is -0.458 e. The van der Waals surface area contributed by atoms with Crippen LogP contribution in [0.4, 0.5) is 0 Å². The Hall–Kier alpha value is -0.320. The average Bonchev–Trinajstić information content (AvgIpc) is 1.96. The van der Waals surface area contributed by atoms with Gasteiger partial charge in [0.15, 0.2) is 6.29 Å². The predicted molar refractivity (Wildman–Crippen MR) is 46.4 cm³/mol. The quantitative estimate of drug-likeness (QED) is 0.508. The van der Waals surface area contributed by atoms with Crippen molar-refractivity contribution < 1.29 is 19.4 Å². The molecule has 4 nitrogen and oxygen atoms in total. The summed E-state index contributed by atoms with van der Waals surface area (Å²) < 4.78 is 10.0. The van der Waals surface area contributed by atoms with Gasteiger partial charge >= 0.3 is 5.97 Å². The molecule has 13 heavy (non-hydrogen) atoms. The Morgan fingerprint density at radius 1 is 1.69 bits per heavy atom. The number of alkyl halides is 1. The highest BCUT2D eigenvalue weighted by molar-refractivity contribution is 6.21. The zero-order valence-corrected chi connectivity index (χ0v) is 8.32. The van der Waals surface area contributed by atoms with Gasteiger partial charge in [-0.3, -0.25) is 4.79 Å². The van der Waals surface area contributed by atoms with Gasteiger partial charge in [-0.2, -0.15) is 0 Å². The number of hydrogen-bond acceptors (Lipinski definition) is 4. The van der Waals surface area contributed by atoms with E-state index in [1.165, 1.54) is 6.92 Å². The molecule has 4 atom stereocenters. The van der Waals surface area contributed by atoms with Crippen molar-refractivity contribution in [1.29, 1.82) is 0 Å². The molecule has 1 saturated heterocycles. The van der Waals surface area contributed by atoms with Crippen LogP contribution in [-0.4, -0.2) is 35.0 Å². The third kappa shape index (κ3) is 2.83. The molecule has 5 heteroatoms. The lowest BCUT2D eigenvalue weighted by Gasteiger charge is -2.34. The van der Waals surface area contributed by atoms with Crippen LogP contribution in [0.3, 0.4) is 0 Å². The van der Waals surface area contributed by atoms with Gasteiger partial charge in [0.05, 0.1) is 11.5 Å². The molecule has 1 fully saturated rings. The van der Waals surface area contributed by atoms with E-state index in [2.05, 4.69) is 0 Å². The van der Waals surface area contributed by atoms with Crippen LogP contribution in [0, 0.1) is 0 Å². The standard InChI is InChI=1S/C8H13ClO4/c1-4-8(13-5(2)10)6(9)3-7(11)12-4/h4,6-8,11H,3H2,1-2H3. The van der Waals surface area contributed by atoms with Gasteiger partial charge < -0.3 is 14.6 Å². The molecule has 0 aliphatic carbocycles. The Bertz CT molecular complexity index is 185. The molecule has 0 amide bonds. The van der Waals surface area contributed by atoms with Gasteiger partial charge in [-0.05, 0) is 6.92 Å². The molecule has 0 aromatic carbocycles. The first-order chi connectivity index (χ1) is 6.00. The highest BCUT2D eigenvalue weighted by Gasteiger charge is 2.36. The zero-order chi connectivity index (χ0) is 10.0. The third-order valence-electron chi connectivity index (χ3n) is 1.92. The summed E-state index contributed by atoms with van der Waals surface area (Å²) in [5.41, 5.74) is 0. The summed E-state index contributed by atoms with van der Waals surface area (Å²) in [5.74, 6) is -0.387. The second-order valence-electron chi connectivity index (χ2n) is 3.12. The number of halogens is 1. The second kappa shape index (κ2) is 4.26. The molecular weight excluding hydrogens is 196 g/mol. The fraction of sp³-hybridized carbons (Fsp3) is 0.875. The van der Waals surface area contributed by atoms with Crippen LogP contribution in [-0.2, 0) is 14.3 Å². The predicted octanol–water partition coefficient (Wildman–Crippen LogP) is 0.653. The smallest absolute Gasteiger partial charge is 0.303 e. The maximum Gasteiger partial charge on any atom is 0.303 e. The van der Waals surface area contributed by atoms with E-state index >= 15 is 0 Å². The van der Waals surface area contributed by atoms with Crippen molar-refractivity contribution in [2.24, 2.45) is 0 Å². The first-order valence-corrected chi connectivity index (χ1v) is 4.59. The number of aliphatic hydroxyl groups excluding tert-OH is 1. The van der Waals surface area contributed by atoms with Crippen molar-refractivity contribution in [3.05, 3.63) is 0 Å². The van der Waals surface area contributed by atoms with Gasteiger partial charge in [0, 0.05) is 13.3 Å². The Balaban J connectivity index is 2.56. The van der Waals surface area contributed by atoms with Crippen LogP contribution in [0.1, 0.15) is 20.3 Å². The molecule has 1 rings (SSSR count). The first kappa shape index (κ1) is 10.8. The molecule has 1 aliphatic rings. The summed E-state index contributed by atoms with van der Waals surface area (Å²) >= 11 is 5.90. The van der Waals surface area contributed by atoms with E-state index < -0.39 is 12.4 Å². The summed E-state index contributed by atoms with van der Waals surface area (Å²) in [5, 5.41) is 8.77. The van der Waals surface area contributed by atoms with E-state index in [0.29, 0.717) is 0 Å². The number of hydrogen-bond donors (Lipinski definition) is 1. The summed E-state index contributed by atoms with van der Waals surface area (Å²) in [6.07, 6.45) is -1.41. The molecule has 1 N–H and O–H groups in total. The van der Waals surface area contributed by atoms with Gasteiger partial charge in [0.1, 0.15) is 6.10 Å². The summed E-state index contributed by atoms with van der Waals surface area (Å²) in [4.78, 5) is 10.7. The number of esters is 1. The zero-order valence-electron chi connectivity index (χ0n) is 7.57. The minimum atomic E-state index is -0.857. The Morgan fingerprint density at radius 3 is 2.77 bits per heavy atom. The number of aliphatic hydroxyl groups is 1. The topological polar surface area (TPSA) is 55.8 Å². The van der Waals surface area contributed by atoms with Crippen molar-refractivity contribution in [1.82, 2.24) is 0 Å². The molecule has 0 aromatic rings. The normalized spacial score (nSPS) is 40.0. The van der Waals surface area contributed by atoms with Crippen LogP contribution >= 0.6 is 11.6 Å². The maximum absolute atomic E-state index is 10.7. The van der Waals surface area contributed by atoms with Crippen molar-refractivity contribution in [3.8, 4) is 0 Å². The Morgan fingerprint density at radius 2 is 2.31 bits per heavy atom. The maximum atomic E-state index is 10.7. The lowest BCUT2D eigenvalue weighted by atomic mass is 10.1. The van der Waals surface area contributed by atoms with Gasteiger partial charge in [-0.25, -0.2) is 0 Å². The minimum absolute atomic E-state index is 0.282. The first-order valence-electron chi connectivity index (χ1n) is 4.15. The van der Waals surface area contributed by atoms with Crippen molar-refractivity contribution in [2.75, 3.05) is 0 Å².